The molecule has 1 fully saturated rings. The van der Waals surface area contributed by atoms with Crippen LogP contribution in [0.4, 0.5) is 5.69 Å². The van der Waals surface area contributed by atoms with Crippen molar-refractivity contribution >= 4 is 17.5 Å². The van der Waals surface area contributed by atoms with Crippen LogP contribution in [0.25, 0.3) is 0 Å². The maximum absolute atomic E-state index is 12.1. The molecule has 1 aliphatic rings. The summed E-state index contributed by atoms with van der Waals surface area (Å²) in [5, 5.41) is 3.17. The Morgan fingerprint density at radius 2 is 2.00 bits per heavy atom. The number of anilines is 1. The normalized spacial score (nSPS) is 19.1. The highest BCUT2D eigenvalue weighted by Gasteiger charge is 2.37. The zero-order valence-corrected chi connectivity index (χ0v) is 11.7. The van der Waals surface area contributed by atoms with E-state index in [1.807, 2.05) is 39.0 Å². The maximum atomic E-state index is 12.1. The lowest BCUT2D eigenvalue weighted by molar-refractivity contribution is -0.138. The molecule has 0 aliphatic carbocycles. The van der Waals surface area contributed by atoms with Gasteiger partial charge in [-0.2, -0.15) is 0 Å². The van der Waals surface area contributed by atoms with E-state index in [4.69, 9.17) is 0 Å². The average molecular weight is 260 g/mol. The van der Waals surface area contributed by atoms with Crippen molar-refractivity contribution in [3.8, 4) is 0 Å². The quantitative estimate of drug-likeness (QED) is 0.845. The van der Waals surface area contributed by atoms with Crippen LogP contribution < -0.4 is 5.32 Å². The lowest BCUT2D eigenvalue weighted by atomic mass is 10.1. The van der Waals surface area contributed by atoms with Crippen LogP contribution in [0, 0.1) is 13.8 Å². The smallest absolute Gasteiger partial charge is 0.252 e. The Morgan fingerprint density at radius 3 is 2.63 bits per heavy atom. The number of amides is 2. The van der Waals surface area contributed by atoms with Gasteiger partial charge in [0.15, 0.2) is 0 Å². The lowest BCUT2D eigenvalue weighted by Gasteiger charge is -2.15. The highest BCUT2D eigenvalue weighted by molar-refractivity contribution is 6.06. The summed E-state index contributed by atoms with van der Waals surface area (Å²) in [4.78, 5) is 25.2. The predicted molar refractivity (Wildman–Crippen MR) is 75.0 cm³/mol. The van der Waals surface area contributed by atoms with Crippen molar-refractivity contribution in [2.75, 3.05) is 11.9 Å². The zero-order chi connectivity index (χ0) is 14.0. The van der Waals surface area contributed by atoms with Crippen LogP contribution in [0.5, 0.6) is 0 Å². The minimum Gasteiger partial charge on any atom is -0.373 e. The second-order valence-corrected chi connectivity index (χ2v) is 5.08. The van der Waals surface area contributed by atoms with E-state index in [0.717, 1.165) is 12.1 Å². The van der Waals surface area contributed by atoms with Gasteiger partial charge in [0.1, 0.15) is 6.04 Å². The molecule has 0 spiro atoms. The van der Waals surface area contributed by atoms with E-state index in [1.54, 1.807) is 0 Å². The van der Waals surface area contributed by atoms with Crippen LogP contribution in [-0.2, 0) is 9.59 Å². The van der Waals surface area contributed by atoms with Crippen molar-refractivity contribution in [2.45, 2.75) is 39.7 Å². The van der Waals surface area contributed by atoms with Crippen LogP contribution >= 0.6 is 0 Å². The number of benzene rings is 1. The minimum absolute atomic E-state index is 0.0758. The number of imide groups is 1. The summed E-state index contributed by atoms with van der Waals surface area (Å²) in [7, 11) is 0. The van der Waals surface area contributed by atoms with Crippen molar-refractivity contribution in [3.63, 3.8) is 0 Å². The minimum atomic E-state index is -0.416. The van der Waals surface area contributed by atoms with E-state index in [-0.39, 0.29) is 18.2 Å². The molecule has 4 heteroatoms. The highest BCUT2D eigenvalue weighted by Crippen LogP contribution is 2.20. The number of hydrogen-bond donors (Lipinski definition) is 1. The van der Waals surface area contributed by atoms with E-state index >= 15 is 0 Å². The van der Waals surface area contributed by atoms with E-state index in [1.165, 1.54) is 16.0 Å². The Kier molecular flexibility index (Phi) is 3.88. The molecule has 1 N–H and O–H groups in total. The number of nitrogens with one attached hydrogen (secondary N) is 1. The van der Waals surface area contributed by atoms with Gasteiger partial charge in [0, 0.05) is 12.2 Å². The molecule has 0 radical (unpaired) electrons. The van der Waals surface area contributed by atoms with Crippen molar-refractivity contribution in [1.82, 2.24) is 4.90 Å². The Labute approximate surface area is 113 Å². The summed E-state index contributed by atoms with van der Waals surface area (Å²) in [6, 6.07) is 5.56. The number of nitrogens with zero attached hydrogens (tertiary/aromatic N) is 1. The molecule has 4 nitrogen and oxygen atoms in total. The molecule has 2 rings (SSSR count). The third kappa shape index (κ3) is 2.78. The molecule has 1 aliphatic heterocycles. The number of rotatable bonds is 4. The maximum Gasteiger partial charge on any atom is 0.252 e. The van der Waals surface area contributed by atoms with Gasteiger partial charge in [-0.15, -0.1) is 0 Å². The SMILES string of the molecule is CCCN1C(=O)CC(Nc2ccc(C)c(C)c2)C1=O. The van der Waals surface area contributed by atoms with Crippen LogP contribution in [0.15, 0.2) is 18.2 Å². The highest BCUT2D eigenvalue weighted by atomic mass is 16.2. The molecule has 2 amide bonds. The molecule has 1 aromatic rings. The molecular formula is C15H20N2O2. The van der Waals surface area contributed by atoms with Gasteiger partial charge in [-0.3, -0.25) is 14.5 Å². The van der Waals surface area contributed by atoms with Crippen LogP contribution in [-0.4, -0.2) is 29.3 Å². The van der Waals surface area contributed by atoms with Gasteiger partial charge < -0.3 is 5.32 Å². The van der Waals surface area contributed by atoms with Crippen LogP contribution in [0.2, 0.25) is 0 Å². The molecule has 0 bridgehead atoms. The van der Waals surface area contributed by atoms with Gasteiger partial charge >= 0.3 is 0 Å². The summed E-state index contributed by atoms with van der Waals surface area (Å²) >= 11 is 0. The largest absolute Gasteiger partial charge is 0.373 e. The fourth-order valence-corrected chi connectivity index (χ4v) is 2.29. The van der Waals surface area contributed by atoms with Gasteiger partial charge in [-0.25, -0.2) is 0 Å². The zero-order valence-electron chi connectivity index (χ0n) is 11.7. The standard InChI is InChI=1S/C15H20N2O2/c1-4-7-17-14(18)9-13(15(17)19)16-12-6-5-10(2)11(3)8-12/h5-6,8,13,16H,4,7,9H2,1-3H3. The third-order valence-corrected chi connectivity index (χ3v) is 3.54. The van der Waals surface area contributed by atoms with Crippen molar-refractivity contribution in [3.05, 3.63) is 29.3 Å². The first-order valence-electron chi connectivity index (χ1n) is 6.71. The van der Waals surface area contributed by atoms with Crippen molar-refractivity contribution in [1.29, 1.82) is 0 Å². The van der Waals surface area contributed by atoms with Gasteiger partial charge in [0.2, 0.25) is 5.91 Å². The molecule has 1 unspecified atom stereocenters. The number of likely N-dealkylation sites (tertiary alicyclic amines) is 1. The number of carbonyl (C=O) groups is 2. The fraction of sp³-hybridized carbons (Fsp3) is 0.467. The van der Waals surface area contributed by atoms with E-state index in [9.17, 15) is 9.59 Å². The Hall–Kier alpha value is -1.84. The number of aryl methyl sites for hydroxylation is 2. The summed E-state index contributed by atoms with van der Waals surface area (Å²) < 4.78 is 0. The van der Waals surface area contributed by atoms with Crippen LogP contribution in [0.3, 0.4) is 0 Å². The fourth-order valence-electron chi connectivity index (χ4n) is 2.29. The lowest BCUT2D eigenvalue weighted by Crippen LogP contribution is -2.35. The predicted octanol–water partition coefficient (Wildman–Crippen LogP) is 2.25. The monoisotopic (exact) mass is 260 g/mol. The molecule has 19 heavy (non-hydrogen) atoms. The van der Waals surface area contributed by atoms with Crippen LogP contribution in [0.1, 0.15) is 30.9 Å². The first-order chi connectivity index (χ1) is 9.02. The molecule has 0 saturated carbocycles. The molecule has 1 saturated heterocycles. The van der Waals surface area contributed by atoms with Crippen molar-refractivity contribution < 1.29 is 9.59 Å². The average Bonchev–Trinajstić information content (AvgIpc) is 2.62. The van der Waals surface area contributed by atoms with E-state index in [0.29, 0.717) is 6.54 Å². The molecule has 102 valence electrons. The van der Waals surface area contributed by atoms with Gasteiger partial charge in [0.25, 0.3) is 5.91 Å². The Balaban J connectivity index is 2.09. The number of hydrogen-bond acceptors (Lipinski definition) is 3. The Morgan fingerprint density at radius 1 is 1.26 bits per heavy atom. The summed E-state index contributed by atoms with van der Waals surface area (Å²) in [6.07, 6.45) is 1.06. The first-order valence-corrected chi connectivity index (χ1v) is 6.71. The van der Waals surface area contributed by atoms with E-state index in [2.05, 4.69) is 5.32 Å². The van der Waals surface area contributed by atoms with Crippen molar-refractivity contribution in [2.24, 2.45) is 0 Å². The van der Waals surface area contributed by atoms with E-state index < -0.39 is 6.04 Å². The second kappa shape index (κ2) is 5.43. The van der Waals surface area contributed by atoms with Gasteiger partial charge in [-0.05, 0) is 43.5 Å². The number of carbonyl (C=O) groups excluding carboxylic acids is 2. The molecule has 0 aromatic heterocycles. The molecular weight excluding hydrogens is 240 g/mol. The molecule has 1 atom stereocenters. The van der Waals surface area contributed by atoms with Gasteiger partial charge in [0.05, 0.1) is 6.42 Å². The molecule has 1 heterocycles. The summed E-state index contributed by atoms with van der Waals surface area (Å²) in [6.45, 7) is 6.56. The second-order valence-electron chi connectivity index (χ2n) is 5.08. The summed E-state index contributed by atoms with van der Waals surface area (Å²) in [5.74, 6) is -0.182. The summed E-state index contributed by atoms with van der Waals surface area (Å²) in [5.41, 5.74) is 3.28. The van der Waals surface area contributed by atoms with Gasteiger partial charge in [-0.1, -0.05) is 13.0 Å². The Bertz CT molecular complexity index is 511. The first kappa shape index (κ1) is 13.6. The third-order valence-electron chi connectivity index (χ3n) is 3.54. The molecule has 1 aromatic carbocycles. The topological polar surface area (TPSA) is 49.4 Å².